The maximum atomic E-state index is 5.98. The van der Waals surface area contributed by atoms with Crippen molar-refractivity contribution in [3.63, 3.8) is 0 Å². The fraction of sp³-hybridized carbons (Fsp3) is 0.556. The first kappa shape index (κ1) is 15.1. The van der Waals surface area contributed by atoms with Crippen molar-refractivity contribution in [2.24, 2.45) is 0 Å². The molecule has 1 aliphatic rings. The molecule has 110 valence electrons. The van der Waals surface area contributed by atoms with E-state index in [0.717, 1.165) is 25.1 Å². The Morgan fingerprint density at radius 2 is 2.10 bits per heavy atom. The Morgan fingerprint density at radius 3 is 2.75 bits per heavy atom. The third kappa shape index (κ3) is 5.01. The molecule has 1 N–H and O–H groups in total. The molecule has 0 saturated heterocycles. The third-order valence-corrected chi connectivity index (χ3v) is 3.84. The van der Waals surface area contributed by atoms with E-state index in [1.807, 2.05) is 0 Å². The van der Waals surface area contributed by atoms with Gasteiger partial charge in [0.1, 0.15) is 11.9 Å². The van der Waals surface area contributed by atoms with Crippen LogP contribution in [0.3, 0.4) is 0 Å². The van der Waals surface area contributed by atoms with Gasteiger partial charge < -0.3 is 10.1 Å². The number of benzene rings is 1. The van der Waals surface area contributed by atoms with Crippen LogP contribution in [-0.2, 0) is 6.42 Å². The summed E-state index contributed by atoms with van der Waals surface area (Å²) in [4.78, 5) is 0. The van der Waals surface area contributed by atoms with Gasteiger partial charge in [-0.1, -0.05) is 25.1 Å². The molecular weight excluding hydrogens is 246 g/mol. The fourth-order valence-corrected chi connectivity index (χ4v) is 2.62. The summed E-state index contributed by atoms with van der Waals surface area (Å²) in [6, 6.07) is 9.19. The molecule has 0 heterocycles. The van der Waals surface area contributed by atoms with E-state index in [4.69, 9.17) is 4.74 Å². The molecule has 2 heteroatoms. The Morgan fingerprint density at radius 1 is 1.30 bits per heavy atom. The van der Waals surface area contributed by atoms with E-state index in [2.05, 4.69) is 55.6 Å². The minimum Gasteiger partial charge on any atom is -0.486 e. The molecule has 1 aromatic rings. The van der Waals surface area contributed by atoms with Crippen LogP contribution in [0.15, 0.2) is 36.4 Å². The van der Waals surface area contributed by atoms with Crippen LogP contribution in [-0.4, -0.2) is 18.7 Å². The Balaban J connectivity index is 1.80. The SMILES string of the molecule is CCNC(C)CCc1ccc(OC2C=CCCC2)cc1. The molecule has 1 aromatic carbocycles. The molecule has 0 saturated carbocycles. The minimum absolute atomic E-state index is 0.267. The van der Waals surface area contributed by atoms with E-state index >= 15 is 0 Å². The molecule has 0 amide bonds. The van der Waals surface area contributed by atoms with Crippen molar-refractivity contribution in [1.82, 2.24) is 5.32 Å². The lowest BCUT2D eigenvalue weighted by Gasteiger charge is -2.18. The first-order chi connectivity index (χ1) is 9.78. The number of rotatable bonds is 7. The van der Waals surface area contributed by atoms with Crippen LogP contribution >= 0.6 is 0 Å². The van der Waals surface area contributed by atoms with Gasteiger partial charge >= 0.3 is 0 Å². The Bertz CT molecular complexity index is 410. The van der Waals surface area contributed by atoms with Crippen molar-refractivity contribution >= 4 is 0 Å². The summed E-state index contributed by atoms with van der Waals surface area (Å²) >= 11 is 0. The molecule has 2 atom stereocenters. The number of hydrogen-bond acceptors (Lipinski definition) is 2. The average molecular weight is 273 g/mol. The molecule has 0 fully saturated rings. The summed E-state index contributed by atoms with van der Waals surface area (Å²) in [6.45, 7) is 5.45. The summed E-state index contributed by atoms with van der Waals surface area (Å²) in [7, 11) is 0. The first-order valence-electron chi connectivity index (χ1n) is 7.93. The molecule has 20 heavy (non-hydrogen) atoms. The van der Waals surface area contributed by atoms with Gasteiger partial charge in [0.15, 0.2) is 0 Å². The maximum Gasteiger partial charge on any atom is 0.120 e. The number of allylic oxidation sites excluding steroid dienone is 1. The third-order valence-electron chi connectivity index (χ3n) is 3.84. The normalized spacial score (nSPS) is 19.8. The average Bonchev–Trinajstić information content (AvgIpc) is 2.48. The first-order valence-corrected chi connectivity index (χ1v) is 7.93. The zero-order chi connectivity index (χ0) is 14.2. The highest BCUT2D eigenvalue weighted by molar-refractivity contribution is 5.28. The largest absolute Gasteiger partial charge is 0.486 e. The molecule has 0 aliphatic heterocycles. The summed E-state index contributed by atoms with van der Waals surface area (Å²) in [5.41, 5.74) is 1.39. The van der Waals surface area contributed by atoms with Crippen LogP contribution in [0.1, 0.15) is 45.1 Å². The lowest BCUT2D eigenvalue weighted by atomic mass is 10.0. The smallest absolute Gasteiger partial charge is 0.120 e. The summed E-state index contributed by atoms with van der Waals surface area (Å²) in [5, 5.41) is 3.45. The quantitative estimate of drug-likeness (QED) is 0.755. The lowest BCUT2D eigenvalue weighted by Crippen LogP contribution is -2.25. The molecule has 0 spiro atoms. The zero-order valence-electron chi connectivity index (χ0n) is 12.8. The van der Waals surface area contributed by atoms with Gasteiger partial charge in [0.05, 0.1) is 0 Å². The van der Waals surface area contributed by atoms with E-state index in [1.165, 1.54) is 24.8 Å². The highest BCUT2D eigenvalue weighted by Crippen LogP contribution is 2.20. The number of nitrogens with one attached hydrogen (secondary N) is 1. The van der Waals surface area contributed by atoms with Gasteiger partial charge in [-0.25, -0.2) is 0 Å². The molecule has 0 aromatic heterocycles. The number of aryl methyl sites for hydroxylation is 1. The van der Waals surface area contributed by atoms with Gasteiger partial charge in [-0.3, -0.25) is 0 Å². The van der Waals surface area contributed by atoms with Gasteiger partial charge in [0.2, 0.25) is 0 Å². The van der Waals surface area contributed by atoms with Crippen molar-refractivity contribution in [3.8, 4) is 5.75 Å². The summed E-state index contributed by atoms with van der Waals surface area (Å²) < 4.78 is 5.98. The second-order valence-electron chi connectivity index (χ2n) is 5.66. The topological polar surface area (TPSA) is 21.3 Å². The highest BCUT2D eigenvalue weighted by atomic mass is 16.5. The van der Waals surface area contributed by atoms with Crippen molar-refractivity contribution in [2.45, 2.75) is 58.1 Å². The zero-order valence-corrected chi connectivity index (χ0v) is 12.8. The highest BCUT2D eigenvalue weighted by Gasteiger charge is 2.09. The van der Waals surface area contributed by atoms with Gasteiger partial charge in [0, 0.05) is 6.04 Å². The Kier molecular flexibility index (Phi) is 6.13. The van der Waals surface area contributed by atoms with Crippen LogP contribution in [0.25, 0.3) is 0 Å². The van der Waals surface area contributed by atoms with E-state index in [9.17, 15) is 0 Å². The van der Waals surface area contributed by atoms with E-state index < -0.39 is 0 Å². The van der Waals surface area contributed by atoms with Crippen molar-refractivity contribution < 1.29 is 4.74 Å². The number of hydrogen-bond donors (Lipinski definition) is 1. The summed E-state index contributed by atoms with van der Waals surface area (Å²) in [5.74, 6) is 0.991. The molecule has 2 rings (SSSR count). The van der Waals surface area contributed by atoms with Gasteiger partial charge in [-0.15, -0.1) is 0 Å². The van der Waals surface area contributed by atoms with E-state index in [-0.39, 0.29) is 6.10 Å². The van der Waals surface area contributed by atoms with E-state index in [1.54, 1.807) is 0 Å². The second kappa shape index (κ2) is 8.11. The van der Waals surface area contributed by atoms with E-state index in [0.29, 0.717) is 6.04 Å². The van der Waals surface area contributed by atoms with Gasteiger partial charge in [-0.05, 0) is 69.3 Å². The Hall–Kier alpha value is -1.28. The standard InChI is InChI=1S/C18H27NO/c1-3-19-15(2)9-10-16-11-13-18(14-12-16)20-17-7-5-4-6-8-17/h5,7,11-15,17,19H,3-4,6,8-10H2,1-2H3. The van der Waals surface area contributed by atoms with Crippen LogP contribution in [0.5, 0.6) is 5.75 Å². The van der Waals surface area contributed by atoms with Crippen LogP contribution in [0.4, 0.5) is 0 Å². The second-order valence-corrected chi connectivity index (χ2v) is 5.66. The van der Waals surface area contributed by atoms with Gasteiger partial charge in [0.25, 0.3) is 0 Å². The van der Waals surface area contributed by atoms with Crippen LogP contribution in [0, 0.1) is 0 Å². The predicted octanol–water partition coefficient (Wildman–Crippen LogP) is 4.10. The van der Waals surface area contributed by atoms with Crippen molar-refractivity contribution in [1.29, 1.82) is 0 Å². The lowest BCUT2D eigenvalue weighted by molar-refractivity contribution is 0.230. The van der Waals surface area contributed by atoms with Crippen molar-refractivity contribution in [3.05, 3.63) is 42.0 Å². The monoisotopic (exact) mass is 273 g/mol. The van der Waals surface area contributed by atoms with Gasteiger partial charge in [-0.2, -0.15) is 0 Å². The van der Waals surface area contributed by atoms with Crippen molar-refractivity contribution in [2.75, 3.05) is 6.54 Å². The molecule has 2 unspecified atom stereocenters. The fourth-order valence-electron chi connectivity index (χ4n) is 2.62. The molecule has 1 aliphatic carbocycles. The molecule has 0 bridgehead atoms. The minimum atomic E-state index is 0.267. The molecule has 2 nitrogen and oxygen atoms in total. The van der Waals surface area contributed by atoms with Crippen LogP contribution in [0.2, 0.25) is 0 Å². The molecular formula is C18H27NO. The predicted molar refractivity (Wildman–Crippen MR) is 85.3 cm³/mol. The summed E-state index contributed by atoms with van der Waals surface area (Å²) in [6.07, 6.45) is 10.6. The number of ether oxygens (including phenoxy) is 1. The van der Waals surface area contributed by atoms with Crippen LogP contribution < -0.4 is 10.1 Å². The molecule has 0 radical (unpaired) electrons. The Labute approximate surface area is 123 Å². The maximum absolute atomic E-state index is 5.98.